The highest BCUT2D eigenvalue weighted by atomic mass is 16.5. The Balaban J connectivity index is 2.64. The van der Waals surface area contributed by atoms with Crippen molar-refractivity contribution in [1.29, 1.82) is 0 Å². The fourth-order valence-electron chi connectivity index (χ4n) is 1.59. The van der Waals surface area contributed by atoms with Crippen LogP contribution in [0.15, 0.2) is 6.07 Å². The molecule has 1 aromatic rings. The number of methoxy groups -OCH3 is 1. The van der Waals surface area contributed by atoms with Crippen LogP contribution in [0.5, 0.6) is 0 Å². The van der Waals surface area contributed by atoms with E-state index in [1.54, 1.807) is 7.11 Å². The molecule has 0 saturated heterocycles. The molecule has 2 N–H and O–H groups in total. The SMILES string of the molecule is CCNc1cc(NCCN(C)CC)nc(COC)n1. The first-order valence-electron chi connectivity index (χ1n) is 6.72. The summed E-state index contributed by atoms with van der Waals surface area (Å²) >= 11 is 0. The van der Waals surface area contributed by atoms with Crippen LogP contribution >= 0.6 is 0 Å². The molecule has 0 atom stereocenters. The molecule has 0 unspecified atom stereocenters. The molecule has 0 radical (unpaired) electrons. The van der Waals surface area contributed by atoms with Crippen LogP contribution < -0.4 is 10.6 Å². The minimum absolute atomic E-state index is 0.419. The van der Waals surface area contributed by atoms with Crippen LogP contribution in [0.1, 0.15) is 19.7 Å². The zero-order chi connectivity index (χ0) is 14.1. The second kappa shape index (κ2) is 8.66. The van der Waals surface area contributed by atoms with E-state index in [0.717, 1.165) is 37.8 Å². The van der Waals surface area contributed by atoms with Gasteiger partial charge >= 0.3 is 0 Å². The van der Waals surface area contributed by atoms with Gasteiger partial charge in [0, 0.05) is 32.8 Å². The summed E-state index contributed by atoms with van der Waals surface area (Å²) in [5, 5.41) is 6.52. The molecule has 0 amide bonds. The fourth-order valence-corrected chi connectivity index (χ4v) is 1.59. The lowest BCUT2D eigenvalue weighted by molar-refractivity contribution is 0.178. The van der Waals surface area contributed by atoms with Crippen molar-refractivity contribution in [2.24, 2.45) is 0 Å². The van der Waals surface area contributed by atoms with Crippen molar-refractivity contribution < 1.29 is 4.74 Å². The standard InChI is InChI=1S/C13H25N5O/c1-5-14-11-9-12(15-7-8-18(3)6-2)17-13(16-11)10-19-4/h9H,5-8,10H2,1-4H3,(H2,14,15,16,17). The summed E-state index contributed by atoms with van der Waals surface area (Å²) in [4.78, 5) is 11.0. The highest BCUT2D eigenvalue weighted by Crippen LogP contribution is 2.11. The Morgan fingerprint density at radius 3 is 2.47 bits per heavy atom. The van der Waals surface area contributed by atoms with Crippen LogP contribution in [-0.4, -0.2) is 55.2 Å². The quantitative estimate of drug-likeness (QED) is 0.705. The molecular weight excluding hydrogens is 242 g/mol. The van der Waals surface area contributed by atoms with E-state index >= 15 is 0 Å². The van der Waals surface area contributed by atoms with E-state index in [1.165, 1.54) is 0 Å². The van der Waals surface area contributed by atoms with E-state index in [0.29, 0.717) is 12.4 Å². The largest absolute Gasteiger partial charge is 0.377 e. The summed E-state index contributed by atoms with van der Waals surface area (Å²) < 4.78 is 5.09. The number of hydrogen-bond acceptors (Lipinski definition) is 6. The van der Waals surface area contributed by atoms with Crippen LogP contribution in [0.25, 0.3) is 0 Å². The first-order valence-corrected chi connectivity index (χ1v) is 6.72. The maximum atomic E-state index is 5.09. The third-order valence-corrected chi connectivity index (χ3v) is 2.74. The lowest BCUT2D eigenvalue weighted by Crippen LogP contribution is -2.25. The molecule has 6 heteroatoms. The van der Waals surface area contributed by atoms with Gasteiger partial charge in [0.1, 0.15) is 18.2 Å². The maximum Gasteiger partial charge on any atom is 0.158 e. The molecule has 19 heavy (non-hydrogen) atoms. The summed E-state index contributed by atoms with van der Waals surface area (Å²) in [5.41, 5.74) is 0. The van der Waals surface area contributed by atoms with Gasteiger partial charge in [0.15, 0.2) is 5.82 Å². The zero-order valence-electron chi connectivity index (χ0n) is 12.4. The number of likely N-dealkylation sites (N-methyl/N-ethyl adjacent to an activating group) is 1. The molecular formula is C13H25N5O. The van der Waals surface area contributed by atoms with Crippen LogP contribution in [-0.2, 0) is 11.3 Å². The Hall–Kier alpha value is -1.40. The minimum atomic E-state index is 0.419. The van der Waals surface area contributed by atoms with Crippen molar-refractivity contribution in [3.8, 4) is 0 Å². The monoisotopic (exact) mass is 267 g/mol. The summed E-state index contributed by atoms with van der Waals surface area (Å²) in [6.07, 6.45) is 0. The highest BCUT2D eigenvalue weighted by molar-refractivity contribution is 5.47. The van der Waals surface area contributed by atoms with Gasteiger partial charge in [-0.3, -0.25) is 0 Å². The predicted molar refractivity (Wildman–Crippen MR) is 78.6 cm³/mol. The molecule has 0 aliphatic rings. The van der Waals surface area contributed by atoms with Gasteiger partial charge in [-0.25, -0.2) is 9.97 Å². The number of nitrogens with one attached hydrogen (secondary N) is 2. The molecule has 1 heterocycles. The number of hydrogen-bond donors (Lipinski definition) is 2. The number of rotatable bonds is 9. The molecule has 0 aliphatic heterocycles. The van der Waals surface area contributed by atoms with Gasteiger partial charge in [-0.05, 0) is 20.5 Å². The molecule has 0 saturated carbocycles. The summed E-state index contributed by atoms with van der Waals surface area (Å²) in [5.74, 6) is 2.35. The lowest BCUT2D eigenvalue weighted by Gasteiger charge is -2.15. The third kappa shape index (κ3) is 5.85. The van der Waals surface area contributed by atoms with Gasteiger partial charge in [0.2, 0.25) is 0 Å². The van der Waals surface area contributed by atoms with Crippen molar-refractivity contribution in [2.45, 2.75) is 20.5 Å². The number of anilines is 2. The zero-order valence-corrected chi connectivity index (χ0v) is 12.4. The summed E-state index contributed by atoms with van der Waals surface area (Å²) in [6.45, 7) is 8.33. The first-order chi connectivity index (χ1) is 9.19. The molecule has 0 aliphatic carbocycles. The second-order valence-corrected chi connectivity index (χ2v) is 4.34. The van der Waals surface area contributed by atoms with E-state index in [4.69, 9.17) is 4.74 Å². The van der Waals surface area contributed by atoms with Crippen molar-refractivity contribution in [3.63, 3.8) is 0 Å². The molecule has 108 valence electrons. The van der Waals surface area contributed by atoms with E-state index in [1.807, 2.05) is 13.0 Å². The van der Waals surface area contributed by atoms with Crippen LogP contribution in [0, 0.1) is 0 Å². The first kappa shape index (κ1) is 15.7. The number of aromatic nitrogens is 2. The Morgan fingerprint density at radius 2 is 1.89 bits per heavy atom. The van der Waals surface area contributed by atoms with Crippen molar-refractivity contribution in [3.05, 3.63) is 11.9 Å². The average molecular weight is 267 g/mol. The van der Waals surface area contributed by atoms with E-state index in [-0.39, 0.29) is 0 Å². The van der Waals surface area contributed by atoms with Crippen molar-refractivity contribution in [2.75, 3.05) is 51.0 Å². The smallest absolute Gasteiger partial charge is 0.158 e. The van der Waals surface area contributed by atoms with Gasteiger partial charge in [-0.2, -0.15) is 0 Å². The normalized spacial score (nSPS) is 10.8. The average Bonchev–Trinajstić information content (AvgIpc) is 2.39. The molecule has 0 aromatic carbocycles. The Morgan fingerprint density at radius 1 is 1.21 bits per heavy atom. The molecule has 1 aromatic heterocycles. The summed E-state index contributed by atoms with van der Waals surface area (Å²) in [7, 11) is 3.74. The third-order valence-electron chi connectivity index (χ3n) is 2.74. The molecule has 6 nitrogen and oxygen atoms in total. The molecule has 0 bridgehead atoms. The number of nitrogens with zero attached hydrogens (tertiary/aromatic N) is 3. The van der Waals surface area contributed by atoms with Crippen molar-refractivity contribution >= 4 is 11.6 Å². The predicted octanol–water partition coefficient (Wildman–Crippen LogP) is 1.42. The molecule has 1 rings (SSSR count). The van der Waals surface area contributed by atoms with Gasteiger partial charge < -0.3 is 20.3 Å². The van der Waals surface area contributed by atoms with E-state index in [9.17, 15) is 0 Å². The van der Waals surface area contributed by atoms with E-state index < -0.39 is 0 Å². The highest BCUT2D eigenvalue weighted by Gasteiger charge is 2.04. The van der Waals surface area contributed by atoms with Crippen LogP contribution in [0.4, 0.5) is 11.6 Å². The Kier molecular flexibility index (Phi) is 7.14. The van der Waals surface area contributed by atoms with Gasteiger partial charge in [0.25, 0.3) is 0 Å². The van der Waals surface area contributed by atoms with E-state index in [2.05, 4.69) is 39.5 Å². The number of ether oxygens (including phenoxy) is 1. The van der Waals surface area contributed by atoms with Crippen molar-refractivity contribution in [1.82, 2.24) is 14.9 Å². The van der Waals surface area contributed by atoms with Crippen LogP contribution in [0.2, 0.25) is 0 Å². The van der Waals surface area contributed by atoms with Gasteiger partial charge in [0.05, 0.1) is 0 Å². The van der Waals surface area contributed by atoms with Gasteiger partial charge in [-0.1, -0.05) is 6.92 Å². The second-order valence-electron chi connectivity index (χ2n) is 4.34. The Labute approximate surface area is 115 Å². The molecule has 0 fully saturated rings. The lowest BCUT2D eigenvalue weighted by atomic mass is 10.4. The van der Waals surface area contributed by atoms with Gasteiger partial charge in [-0.15, -0.1) is 0 Å². The summed E-state index contributed by atoms with van der Waals surface area (Å²) in [6, 6.07) is 1.93. The Bertz CT molecular complexity index is 348. The minimum Gasteiger partial charge on any atom is -0.377 e. The topological polar surface area (TPSA) is 62.3 Å². The maximum absolute atomic E-state index is 5.09. The fraction of sp³-hybridized carbons (Fsp3) is 0.692. The molecule has 0 spiro atoms. The van der Waals surface area contributed by atoms with Crippen LogP contribution in [0.3, 0.4) is 0 Å².